The first kappa shape index (κ1) is 20.4. The van der Waals surface area contributed by atoms with Crippen molar-refractivity contribution >= 4 is 29.2 Å². The predicted molar refractivity (Wildman–Crippen MR) is 98.0 cm³/mol. The number of hydrogen-bond acceptors (Lipinski definition) is 7. The quantitative estimate of drug-likeness (QED) is 0.714. The maximum Gasteiger partial charge on any atom is 0.343 e. The van der Waals surface area contributed by atoms with Crippen LogP contribution in [-0.2, 0) is 16.6 Å². The zero-order valence-corrected chi connectivity index (χ0v) is 16.3. The van der Waals surface area contributed by atoms with Crippen molar-refractivity contribution in [3.8, 4) is 17.2 Å². The van der Waals surface area contributed by atoms with Crippen LogP contribution in [0.1, 0.15) is 16.1 Å². The Morgan fingerprint density at radius 1 is 1.15 bits per heavy atom. The van der Waals surface area contributed by atoms with Gasteiger partial charge in [-0.2, -0.15) is 5.10 Å². The molecule has 146 valence electrons. The lowest BCUT2D eigenvalue weighted by Crippen LogP contribution is -2.21. The van der Waals surface area contributed by atoms with E-state index in [0.717, 1.165) is 0 Å². The molecule has 0 aliphatic heterocycles. The van der Waals surface area contributed by atoms with E-state index in [1.165, 1.54) is 26.0 Å². The van der Waals surface area contributed by atoms with Gasteiger partial charge in [0, 0.05) is 24.9 Å². The Bertz CT molecular complexity index is 840. The first-order valence-electron chi connectivity index (χ1n) is 7.78. The molecule has 0 fully saturated rings. The smallest absolute Gasteiger partial charge is 0.343 e. The number of nitrogens with zero attached hydrogens (tertiary/aromatic N) is 2. The van der Waals surface area contributed by atoms with Gasteiger partial charge in [-0.15, -0.1) is 0 Å². The van der Waals surface area contributed by atoms with Crippen LogP contribution < -0.4 is 19.5 Å². The van der Waals surface area contributed by atoms with E-state index in [0.29, 0.717) is 28.6 Å². The second kappa shape index (κ2) is 8.63. The predicted octanol–water partition coefficient (Wildman–Crippen LogP) is 2.20. The Hall–Kier alpha value is -2.94. The molecule has 0 unspecified atom stereocenters. The van der Waals surface area contributed by atoms with Crippen molar-refractivity contribution in [3.63, 3.8) is 0 Å². The van der Waals surface area contributed by atoms with E-state index in [-0.39, 0.29) is 10.7 Å². The summed E-state index contributed by atoms with van der Waals surface area (Å²) >= 11 is 6.01. The molecule has 0 saturated heterocycles. The molecule has 1 N–H and O–H groups in total. The summed E-state index contributed by atoms with van der Waals surface area (Å²) in [6, 6.07) is 3.12. The minimum atomic E-state index is -0.731. The zero-order chi connectivity index (χ0) is 20.1. The van der Waals surface area contributed by atoms with Crippen LogP contribution in [0.25, 0.3) is 0 Å². The number of methoxy groups -OCH3 is 3. The number of nitrogens with one attached hydrogen (secondary N) is 1. The van der Waals surface area contributed by atoms with Crippen molar-refractivity contribution < 1.29 is 28.5 Å². The molecule has 0 radical (unpaired) electrons. The van der Waals surface area contributed by atoms with Crippen molar-refractivity contribution in [1.82, 2.24) is 9.78 Å². The fourth-order valence-electron chi connectivity index (χ4n) is 2.42. The number of carbonyl (C=O) groups is 2. The van der Waals surface area contributed by atoms with E-state index in [9.17, 15) is 9.59 Å². The Morgan fingerprint density at radius 2 is 1.74 bits per heavy atom. The van der Waals surface area contributed by atoms with E-state index in [2.05, 4.69) is 10.4 Å². The van der Waals surface area contributed by atoms with Gasteiger partial charge < -0.3 is 24.3 Å². The van der Waals surface area contributed by atoms with Gasteiger partial charge >= 0.3 is 5.97 Å². The fraction of sp³-hybridized carbons (Fsp3) is 0.353. The lowest BCUT2D eigenvalue weighted by Gasteiger charge is -2.14. The monoisotopic (exact) mass is 397 g/mol. The lowest BCUT2D eigenvalue weighted by molar-refractivity contribution is -0.119. The highest BCUT2D eigenvalue weighted by Crippen LogP contribution is 2.39. The van der Waals surface area contributed by atoms with E-state index in [1.807, 2.05) is 0 Å². The van der Waals surface area contributed by atoms with Crippen molar-refractivity contribution in [2.45, 2.75) is 6.92 Å². The summed E-state index contributed by atoms with van der Waals surface area (Å²) in [5.41, 5.74) is 0.929. The van der Waals surface area contributed by atoms with Crippen LogP contribution in [0, 0.1) is 6.92 Å². The first-order chi connectivity index (χ1) is 12.8. The number of amides is 1. The van der Waals surface area contributed by atoms with Gasteiger partial charge in [0.25, 0.3) is 5.91 Å². The molecule has 1 heterocycles. The molecule has 9 nitrogen and oxygen atoms in total. The number of rotatable bonds is 7. The number of carbonyl (C=O) groups excluding carboxylic acids is 2. The summed E-state index contributed by atoms with van der Waals surface area (Å²) in [5.74, 6) is -0.129. The first-order valence-corrected chi connectivity index (χ1v) is 8.16. The topological polar surface area (TPSA) is 101 Å². The maximum absolute atomic E-state index is 12.1. The molecular weight excluding hydrogens is 378 g/mol. The van der Waals surface area contributed by atoms with Gasteiger partial charge in [0.1, 0.15) is 10.7 Å². The number of halogens is 1. The van der Waals surface area contributed by atoms with Gasteiger partial charge in [0.05, 0.1) is 27.0 Å². The minimum absolute atomic E-state index is 0.125. The maximum atomic E-state index is 12.1. The largest absolute Gasteiger partial charge is 0.493 e. The summed E-state index contributed by atoms with van der Waals surface area (Å²) < 4.78 is 22.0. The molecule has 0 aliphatic rings. The molecule has 0 saturated carbocycles. The number of aromatic nitrogens is 2. The van der Waals surface area contributed by atoms with Crippen LogP contribution in [0.2, 0.25) is 5.15 Å². The molecule has 0 spiro atoms. The molecule has 0 aliphatic carbocycles. The number of aryl methyl sites for hydroxylation is 2. The molecule has 2 rings (SSSR count). The highest BCUT2D eigenvalue weighted by molar-refractivity contribution is 6.32. The van der Waals surface area contributed by atoms with Gasteiger partial charge in [0.2, 0.25) is 5.75 Å². The van der Waals surface area contributed by atoms with Crippen molar-refractivity contribution in [2.75, 3.05) is 33.3 Å². The zero-order valence-electron chi connectivity index (χ0n) is 15.6. The van der Waals surface area contributed by atoms with Crippen LogP contribution in [0.4, 0.5) is 5.69 Å². The molecule has 2 aromatic rings. The third-order valence-electron chi connectivity index (χ3n) is 3.64. The summed E-state index contributed by atoms with van der Waals surface area (Å²) in [7, 11) is 6.00. The molecule has 27 heavy (non-hydrogen) atoms. The third-order valence-corrected chi connectivity index (χ3v) is 4.07. The van der Waals surface area contributed by atoms with Crippen LogP contribution >= 0.6 is 11.6 Å². The number of esters is 1. The van der Waals surface area contributed by atoms with Crippen molar-refractivity contribution in [1.29, 1.82) is 0 Å². The van der Waals surface area contributed by atoms with E-state index in [1.54, 1.807) is 26.1 Å². The van der Waals surface area contributed by atoms with Gasteiger partial charge in [0.15, 0.2) is 18.1 Å². The molecule has 1 aromatic carbocycles. The second-order valence-electron chi connectivity index (χ2n) is 5.41. The van der Waals surface area contributed by atoms with Gasteiger partial charge in [-0.25, -0.2) is 4.79 Å². The molecular formula is C17H20ClN3O6. The normalized spacial score (nSPS) is 10.3. The highest BCUT2D eigenvalue weighted by Gasteiger charge is 2.21. The molecule has 0 atom stereocenters. The second-order valence-corrected chi connectivity index (χ2v) is 5.77. The molecule has 10 heteroatoms. The van der Waals surface area contributed by atoms with Crippen LogP contribution in [-0.4, -0.2) is 49.6 Å². The Balaban J connectivity index is 2.06. The summed E-state index contributed by atoms with van der Waals surface area (Å²) in [4.78, 5) is 24.3. The van der Waals surface area contributed by atoms with E-state index < -0.39 is 18.5 Å². The van der Waals surface area contributed by atoms with Gasteiger partial charge in [-0.05, 0) is 6.92 Å². The number of ether oxygens (including phenoxy) is 4. The molecule has 1 aromatic heterocycles. The Morgan fingerprint density at radius 3 is 2.19 bits per heavy atom. The average molecular weight is 398 g/mol. The SMILES string of the molecule is COc1cc(NC(=O)COC(=O)c2c(C)nn(C)c2Cl)cc(OC)c1OC. The lowest BCUT2D eigenvalue weighted by atomic mass is 10.2. The molecule has 0 bridgehead atoms. The Labute approximate surface area is 161 Å². The summed E-state index contributed by atoms with van der Waals surface area (Å²) in [5, 5.41) is 6.76. The van der Waals surface area contributed by atoms with Gasteiger partial charge in [-0.1, -0.05) is 11.6 Å². The molecule has 1 amide bonds. The van der Waals surface area contributed by atoms with E-state index in [4.69, 9.17) is 30.5 Å². The third kappa shape index (κ3) is 4.43. The fourth-order valence-corrected chi connectivity index (χ4v) is 2.67. The number of benzene rings is 1. The van der Waals surface area contributed by atoms with E-state index >= 15 is 0 Å². The standard InChI is InChI=1S/C17H20ClN3O6/c1-9-14(16(18)21(2)20-9)17(23)27-8-13(22)19-10-6-11(24-3)15(26-5)12(7-10)25-4/h6-7H,8H2,1-5H3,(H,19,22). The van der Waals surface area contributed by atoms with Crippen molar-refractivity contribution in [2.24, 2.45) is 7.05 Å². The number of hydrogen-bond donors (Lipinski definition) is 1. The van der Waals surface area contributed by atoms with Crippen LogP contribution in [0.15, 0.2) is 12.1 Å². The number of anilines is 1. The average Bonchev–Trinajstić information content (AvgIpc) is 2.90. The van der Waals surface area contributed by atoms with Crippen LogP contribution in [0.3, 0.4) is 0 Å². The van der Waals surface area contributed by atoms with Crippen LogP contribution in [0.5, 0.6) is 17.2 Å². The Kier molecular flexibility index (Phi) is 6.51. The van der Waals surface area contributed by atoms with Crippen molar-refractivity contribution in [3.05, 3.63) is 28.5 Å². The summed E-state index contributed by atoms with van der Waals surface area (Å²) in [6.45, 7) is 1.12. The summed E-state index contributed by atoms with van der Waals surface area (Å²) in [6.07, 6.45) is 0. The highest BCUT2D eigenvalue weighted by atomic mass is 35.5. The van der Waals surface area contributed by atoms with Gasteiger partial charge in [-0.3, -0.25) is 9.48 Å². The minimum Gasteiger partial charge on any atom is -0.493 e.